The van der Waals surface area contributed by atoms with E-state index in [9.17, 15) is 0 Å². The van der Waals surface area contributed by atoms with Gasteiger partial charge >= 0.3 is 0 Å². The Kier molecular flexibility index (Phi) is 5.44. The van der Waals surface area contributed by atoms with Gasteiger partial charge in [0.05, 0.1) is 0 Å². The fourth-order valence-electron chi connectivity index (χ4n) is 2.92. The first-order chi connectivity index (χ1) is 9.54. The van der Waals surface area contributed by atoms with Crippen LogP contribution in [0.5, 0.6) is 0 Å². The molecule has 1 heterocycles. The lowest BCUT2D eigenvalue weighted by atomic mass is 10.0. The Morgan fingerprint density at radius 3 is 2.55 bits per heavy atom. The monoisotopic (exact) mass is 275 g/mol. The van der Waals surface area contributed by atoms with Crippen LogP contribution in [0.2, 0.25) is 0 Å². The Hall–Kier alpha value is -1.06. The largest absolute Gasteiger partial charge is 0.382 e. The minimum Gasteiger partial charge on any atom is -0.382 e. The van der Waals surface area contributed by atoms with Gasteiger partial charge in [0.25, 0.3) is 0 Å². The lowest BCUT2D eigenvalue weighted by molar-refractivity contribution is 0.177. The number of hydrogen-bond donors (Lipinski definition) is 1. The average Bonchev–Trinajstić information content (AvgIpc) is 2.39. The van der Waals surface area contributed by atoms with Gasteiger partial charge in [-0.2, -0.15) is 0 Å². The summed E-state index contributed by atoms with van der Waals surface area (Å²) >= 11 is 0. The maximum absolute atomic E-state index is 3.71. The van der Waals surface area contributed by atoms with Gasteiger partial charge in [0.1, 0.15) is 0 Å². The molecule has 0 radical (unpaired) electrons. The van der Waals surface area contributed by atoms with E-state index in [1.54, 1.807) is 0 Å². The first kappa shape index (κ1) is 15.3. The Balaban J connectivity index is 1.88. The number of nitrogens with zero attached hydrogens (tertiary/aromatic N) is 2. The van der Waals surface area contributed by atoms with E-state index in [-0.39, 0.29) is 0 Å². The first-order valence-electron chi connectivity index (χ1n) is 7.79. The molecule has 0 atom stereocenters. The van der Waals surface area contributed by atoms with Crippen molar-refractivity contribution >= 4 is 5.69 Å². The molecule has 1 aliphatic heterocycles. The van der Waals surface area contributed by atoms with Gasteiger partial charge in [-0.15, -0.1) is 0 Å². The van der Waals surface area contributed by atoms with Crippen molar-refractivity contribution in [3.8, 4) is 0 Å². The first-order valence-corrected chi connectivity index (χ1v) is 7.79. The minimum atomic E-state index is 0.625. The zero-order chi connectivity index (χ0) is 14.5. The predicted molar refractivity (Wildman–Crippen MR) is 87.2 cm³/mol. The fourth-order valence-corrected chi connectivity index (χ4v) is 2.92. The topological polar surface area (TPSA) is 18.5 Å². The van der Waals surface area contributed by atoms with Crippen LogP contribution in [-0.4, -0.2) is 49.1 Å². The summed E-state index contributed by atoms with van der Waals surface area (Å²) in [5, 5.41) is 3.71. The van der Waals surface area contributed by atoms with E-state index in [1.165, 1.54) is 37.2 Å². The number of piperidine rings is 1. The molecule has 0 saturated carbocycles. The van der Waals surface area contributed by atoms with Gasteiger partial charge in [0.15, 0.2) is 0 Å². The zero-order valence-electron chi connectivity index (χ0n) is 13.4. The number of nitrogens with one attached hydrogen (secondary N) is 1. The van der Waals surface area contributed by atoms with E-state index in [0.29, 0.717) is 12.1 Å². The zero-order valence-corrected chi connectivity index (χ0v) is 13.4. The SMILES string of the molecule is CC(C)N1CCC(Nc2cccc(CN(C)C)c2)CC1. The summed E-state index contributed by atoms with van der Waals surface area (Å²) in [5.41, 5.74) is 2.65. The molecule has 112 valence electrons. The molecule has 0 aromatic heterocycles. The Morgan fingerprint density at radius 1 is 1.25 bits per heavy atom. The molecule has 1 saturated heterocycles. The van der Waals surface area contributed by atoms with Gasteiger partial charge in [-0.05, 0) is 58.5 Å². The smallest absolute Gasteiger partial charge is 0.0345 e. The fraction of sp³-hybridized carbons (Fsp3) is 0.647. The maximum atomic E-state index is 3.71. The Morgan fingerprint density at radius 2 is 1.95 bits per heavy atom. The number of rotatable bonds is 5. The van der Waals surface area contributed by atoms with Crippen LogP contribution in [-0.2, 0) is 6.54 Å². The lowest BCUT2D eigenvalue weighted by Gasteiger charge is -2.35. The second-order valence-corrected chi connectivity index (χ2v) is 6.49. The van der Waals surface area contributed by atoms with Crippen molar-refractivity contribution in [1.29, 1.82) is 0 Å². The summed E-state index contributed by atoms with van der Waals surface area (Å²) in [4.78, 5) is 4.78. The summed E-state index contributed by atoms with van der Waals surface area (Å²) in [6.45, 7) is 8.01. The van der Waals surface area contributed by atoms with Crippen LogP contribution in [0.1, 0.15) is 32.3 Å². The van der Waals surface area contributed by atoms with Crippen LogP contribution >= 0.6 is 0 Å². The van der Waals surface area contributed by atoms with Crippen LogP contribution in [0.3, 0.4) is 0 Å². The molecule has 1 fully saturated rings. The summed E-state index contributed by atoms with van der Waals surface area (Å²) in [7, 11) is 4.23. The summed E-state index contributed by atoms with van der Waals surface area (Å²) in [5.74, 6) is 0. The number of benzene rings is 1. The maximum Gasteiger partial charge on any atom is 0.0345 e. The summed E-state index contributed by atoms with van der Waals surface area (Å²) in [6, 6.07) is 10.1. The number of anilines is 1. The van der Waals surface area contributed by atoms with E-state index in [0.717, 1.165) is 6.54 Å². The Bertz CT molecular complexity index is 406. The van der Waals surface area contributed by atoms with Crippen LogP contribution in [0.15, 0.2) is 24.3 Å². The van der Waals surface area contributed by atoms with Crippen LogP contribution < -0.4 is 5.32 Å². The van der Waals surface area contributed by atoms with Gasteiger partial charge in [0, 0.05) is 37.4 Å². The third-order valence-corrected chi connectivity index (χ3v) is 4.06. The van der Waals surface area contributed by atoms with Crippen LogP contribution in [0, 0.1) is 0 Å². The molecular formula is C17H29N3. The molecule has 1 N–H and O–H groups in total. The molecule has 1 aromatic carbocycles. The minimum absolute atomic E-state index is 0.625. The molecular weight excluding hydrogens is 246 g/mol. The molecule has 20 heavy (non-hydrogen) atoms. The van der Waals surface area contributed by atoms with E-state index in [4.69, 9.17) is 0 Å². The van der Waals surface area contributed by atoms with Crippen LogP contribution in [0.4, 0.5) is 5.69 Å². The molecule has 1 aromatic rings. The summed E-state index contributed by atoms with van der Waals surface area (Å²) in [6.07, 6.45) is 2.49. The second-order valence-electron chi connectivity index (χ2n) is 6.49. The van der Waals surface area contributed by atoms with Gasteiger partial charge in [0.2, 0.25) is 0 Å². The molecule has 3 nitrogen and oxygen atoms in total. The van der Waals surface area contributed by atoms with Crippen molar-refractivity contribution in [2.75, 3.05) is 32.5 Å². The van der Waals surface area contributed by atoms with Crippen molar-refractivity contribution < 1.29 is 0 Å². The van der Waals surface area contributed by atoms with Gasteiger partial charge in [-0.1, -0.05) is 12.1 Å². The number of likely N-dealkylation sites (tertiary alicyclic amines) is 1. The molecule has 0 bridgehead atoms. The van der Waals surface area contributed by atoms with Crippen LogP contribution in [0.25, 0.3) is 0 Å². The highest BCUT2D eigenvalue weighted by molar-refractivity contribution is 5.46. The quantitative estimate of drug-likeness (QED) is 0.891. The second kappa shape index (κ2) is 7.09. The number of hydrogen-bond acceptors (Lipinski definition) is 3. The van der Waals surface area contributed by atoms with E-state index in [2.05, 4.69) is 67.3 Å². The Labute approximate surface area is 124 Å². The summed E-state index contributed by atoms with van der Waals surface area (Å²) < 4.78 is 0. The van der Waals surface area contributed by atoms with Gasteiger partial charge in [-0.3, -0.25) is 0 Å². The van der Waals surface area contributed by atoms with Crippen molar-refractivity contribution in [3.05, 3.63) is 29.8 Å². The van der Waals surface area contributed by atoms with Crippen molar-refractivity contribution in [1.82, 2.24) is 9.80 Å². The molecule has 0 spiro atoms. The molecule has 3 heteroatoms. The highest BCUT2D eigenvalue weighted by atomic mass is 15.2. The third-order valence-electron chi connectivity index (χ3n) is 4.06. The normalized spacial score (nSPS) is 17.9. The third kappa shape index (κ3) is 4.50. The van der Waals surface area contributed by atoms with Gasteiger partial charge in [-0.25, -0.2) is 0 Å². The lowest BCUT2D eigenvalue weighted by Crippen LogP contribution is -2.42. The van der Waals surface area contributed by atoms with Gasteiger partial charge < -0.3 is 15.1 Å². The van der Waals surface area contributed by atoms with E-state index < -0.39 is 0 Å². The van der Waals surface area contributed by atoms with Crippen molar-refractivity contribution in [3.63, 3.8) is 0 Å². The molecule has 0 aliphatic carbocycles. The van der Waals surface area contributed by atoms with Crippen molar-refractivity contribution in [2.45, 2.75) is 45.3 Å². The highest BCUT2D eigenvalue weighted by Gasteiger charge is 2.20. The molecule has 2 rings (SSSR count). The standard InChI is InChI=1S/C17H29N3/c1-14(2)20-10-8-16(9-11-20)18-17-7-5-6-15(12-17)13-19(3)4/h5-7,12,14,16,18H,8-11,13H2,1-4H3. The molecule has 0 amide bonds. The average molecular weight is 275 g/mol. The molecule has 1 aliphatic rings. The van der Waals surface area contributed by atoms with E-state index in [1.807, 2.05) is 0 Å². The van der Waals surface area contributed by atoms with Crippen molar-refractivity contribution in [2.24, 2.45) is 0 Å². The molecule has 0 unspecified atom stereocenters. The highest BCUT2D eigenvalue weighted by Crippen LogP contribution is 2.19. The van der Waals surface area contributed by atoms with E-state index >= 15 is 0 Å². The predicted octanol–water partition coefficient (Wildman–Crippen LogP) is 3.03.